The van der Waals surface area contributed by atoms with Crippen LogP contribution < -0.4 is 15.4 Å². The minimum Gasteiger partial charge on any atom is -0.489 e. The van der Waals surface area contributed by atoms with Gasteiger partial charge in [-0.15, -0.1) is 10.2 Å². The molecule has 2 N–H and O–H groups in total. The Morgan fingerprint density at radius 3 is 2.67 bits per heavy atom. The number of nitrogens with zero attached hydrogens (tertiary/aromatic N) is 3. The number of fused-ring (bicyclic) bond motifs is 1. The number of anilines is 2. The molecule has 7 heteroatoms. The van der Waals surface area contributed by atoms with Gasteiger partial charge in [0.1, 0.15) is 5.75 Å². The monoisotopic (exact) mass is 384 g/mol. The minimum atomic E-state index is 0.206. The molecule has 1 aliphatic heterocycles. The molecule has 6 nitrogen and oxygen atoms in total. The van der Waals surface area contributed by atoms with Gasteiger partial charge in [-0.1, -0.05) is 11.3 Å². The zero-order valence-corrected chi connectivity index (χ0v) is 16.3. The van der Waals surface area contributed by atoms with Gasteiger partial charge in [-0.05, 0) is 64.0 Å². The largest absolute Gasteiger partial charge is 0.489 e. The standard InChI is InChI=1S/C20H24N4O2S/c1-11-5-8-14-16(24(11)19(25)12-6-7-12)10-9-15(18-22-23-20(21)27-18)17(14)26-13-3-2-4-13/h9-13H,2-8H2,1H3,(H2,21,23). The average Bonchev–Trinajstić information content (AvgIpc) is 3.38. The van der Waals surface area contributed by atoms with Crippen molar-refractivity contribution in [1.82, 2.24) is 10.2 Å². The Bertz CT molecular complexity index is 888. The lowest BCUT2D eigenvalue weighted by Gasteiger charge is -2.38. The van der Waals surface area contributed by atoms with Crippen molar-refractivity contribution in [1.29, 1.82) is 0 Å². The molecule has 1 atom stereocenters. The highest BCUT2D eigenvalue weighted by molar-refractivity contribution is 7.18. The quantitative estimate of drug-likeness (QED) is 0.867. The molecule has 2 aliphatic carbocycles. The molecule has 2 saturated carbocycles. The zero-order valence-electron chi connectivity index (χ0n) is 15.5. The third kappa shape index (κ3) is 2.98. The summed E-state index contributed by atoms with van der Waals surface area (Å²) in [6.07, 6.45) is 7.54. The number of hydrogen-bond donors (Lipinski definition) is 1. The van der Waals surface area contributed by atoms with Crippen molar-refractivity contribution in [2.24, 2.45) is 5.92 Å². The third-order valence-electron chi connectivity index (χ3n) is 5.92. The van der Waals surface area contributed by atoms with Crippen molar-refractivity contribution in [2.45, 2.75) is 64.0 Å². The molecule has 1 unspecified atom stereocenters. The van der Waals surface area contributed by atoms with E-state index in [-0.39, 0.29) is 24.0 Å². The fraction of sp³-hybridized carbons (Fsp3) is 0.550. The Kier molecular flexibility index (Phi) is 4.07. The fourth-order valence-corrected chi connectivity index (χ4v) is 4.60. The van der Waals surface area contributed by atoms with Gasteiger partial charge in [-0.2, -0.15) is 0 Å². The van der Waals surface area contributed by atoms with Crippen LogP contribution in [0.1, 0.15) is 51.0 Å². The average molecular weight is 385 g/mol. The molecule has 0 spiro atoms. The van der Waals surface area contributed by atoms with E-state index in [1.165, 1.54) is 17.8 Å². The molecule has 2 heterocycles. The van der Waals surface area contributed by atoms with E-state index in [1.54, 1.807) is 0 Å². The minimum absolute atomic E-state index is 0.206. The van der Waals surface area contributed by atoms with E-state index >= 15 is 0 Å². The van der Waals surface area contributed by atoms with Crippen LogP contribution in [-0.2, 0) is 11.2 Å². The predicted octanol–water partition coefficient (Wildman–Crippen LogP) is 3.80. The van der Waals surface area contributed by atoms with Crippen LogP contribution in [0.2, 0.25) is 0 Å². The van der Waals surface area contributed by atoms with Crippen molar-refractivity contribution in [3.05, 3.63) is 17.7 Å². The number of ether oxygens (including phenoxy) is 1. The maximum Gasteiger partial charge on any atom is 0.230 e. The number of amides is 1. The number of hydrogen-bond acceptors (Lipinski definition) is 6. The summed E-state index contributed by atoms with van der Waals surface area (Å²) in [4.78, 5) is 15.0. The van der Waals surface area contributed by atoms with E-state index in [4.69, 9.17) is 10.5 Å². The first-order chi connectivity index (χ1) is 13.1. The van der Waals surface area contributed by atoms with E-state index in [0.717, 1.165) is 66.1 Å². The molecule has 0 bridgehead atoms. The lowest BCUT2D eigenvalue weighted by atomic mass is 9.92. The van der Waals surface area contributed by atoms with Crippen LogP contribution in [0.3, 0.4) is 0 Å². The second-order valence-electron chi connectivity index (χ2n) is 7.93. The summed E-state index contributed by atoms with van der Waals surface area (Å²) >= 11 is 1.38. The molecule has 5 rings (SSSR count). The van der Waals surface area contributed by atoms with Gasteiger partial charge < -0.3 is 15.4 Å². The van der Waals surface area contributed by atoms with Crippen LogP contribution in [0, 0.1) is 5.92 Å². The Balaban J connectivity index is 1.61. The van der Waals surface area contributed by atoms with Gasteiger partial charge >= 0.3 is 0 Å². The predicted molar refractivity (Wildman–Crippen MR) is 106 cm³/mol. The molecule has 142 valence electrons. The Morgan fingerprint density at radius 2 is 2.04 bits per heavy atom. The summed E-state index contributed by atoms with van der Waals surface area (Å²) < 4.78 is 6.44. The maximum absolute atomic E-state index is 12.9. The number of benzene rings is 1. The second-order valence-corrected chi connectivity index (χ2v) is 8.94. The number of aromatic nitrogens is 2. The Hall–Kier alpha value is -2.15. The number of nitrogens with two attached hydrogens (primary N) is 1. The van der Waals surface area contributed by atoms with Crippen LogP contribution in [-0.4, -0.2) is 28.3 Å². The van der Waals surface area contributed by atoms with Gasteiger partial charge in [0.15, 0.2) is 5.01 Å². The van der Waals surface area contributed by atoms with Crippen LogP contribution in [0.25, 0.3) is 10.6 Å². The van der Waals surface area contributed by atoms with Gasteiger partial charge in [0.2, 0.25) is 11.0 Å². The highest BCUT2D eigenvalue weighted by atomic mass is 32.1. The van der Waals surface area contributed by atoms with E-state index in [9.17, 15) is 4.79 Å². The number of carbonyl (C=O) groups excluding carboxylic acids is 1. The topological polar surface area (TPSA) is 81.3 Å². The van der Waals surface area contributed by atoms with E-state index in [1.807, 2.05) is 11.0 Å². The normalized spacial score (nSPS) is 22.3. The fourth-order valence-electron chi connectivity index (χ4n) is 3.97. The Morgan fingerprint density at radius 1 is 1.22 bits per heavy atom. The maximum atomic E-state index is 12.9. The molecule has 1 aromatic carbocycles. The molecule has 2 fully saturated rings. The van der Waals surface area contributed by atoms with Crippen LogP contribution in [0.5, 0.6) is 5.75 Å². The molecule has 0 radical (unpaired) electrons. The van der Waals surface area contributed by atoms with Crippen molar-refractivity contribution >= 4 is 28.1 Å². The highest BCUT2D eigenvalue weighted by Gasteiger charge is 2.39. The van der Waals surface area contributed by atoms with Crippen LogP contribution in [0.15, 0.2) is 12.1 Å². The van der Waals surface area contributed by atoms with Crippen LogP contribution in [0.4, 0.5) is 10.8 Å². The van der Waals surface area contributed by atoms with E-state index in [2.05, 4.69) is 23.2 Å². The molecule has 2 aromatic rings. The summed E-state index contributed by atoms with van der Waals surface area (Å²) in [6.45, 7) is 2.15. The van der Waals surface area contributed by atoms with E-state index < -0.39 is 0 Å². The lowest BCUT2D eigenvalue weighted by Crippen LogP contribution is -2.43. The second kappa shape index (κ2) is 6.48. The number of nitrogen functional groups attached to an aromatic ring is 1. The van der Waals surface area contributed by atoms with Crippen molar-refractivity contribution < 1.29 is 9.53 Å². The highest BCUT2D eigenvalue weighted by Crippen LogP contribution is 2.46. The lowest BCUT2D eigenvalue weighted by molar-refractivity contribution is -0.120. The van der Waals surface area contributed by atoms with Gasteiger partial charge in [-0.25, -0.2) is 0 Å². The Labute approximate surface area is 162 Å². The number of rotatable bonds is 4. The van der Waals surface area contributed by atoms with Crippen LogP contribution >= 0.6 is 11.3 Å². The first-order valence-electron chi connectivity index (χ1n) is 9.87. The molecule has 1 aromatic heterocycles. The zero-order chi connectivity index (χ0) is 18.5. The molecule has 0 saturated heterocycles. The van der Waals surface area contributed by atoms with Gasteiger partial charge in [0, 0.05) is 17.5 Å². The first kappa shape index (κ1) is 17.0. The van der Waals surface area contributed by atoms with Crippen molar-refractivity contribution in [3.8, 4) is 16.3 Å². The van der Waals surface area contributed by atoms with Crippen molar-refractivity contribution in [2.75, 3.05) is 10.6 Å². The van der Waals surface area contributed by atoms with Crippen molar-refractivity contribution in [3.63, 3.8) is 0 Å². The van der Waals surface area contributed by atoms with E-state index in [0.29, 0.717) is 5.13 Å². The summed E-state index contributed by atoms with van der Waals surface area (Å²) in [5, 5.41) is 9.45. The van der Waals surface area contributed by atoms with Gasteiger partial charge in [-0.3, -0.25) is 4.79 Å². The molecular formula is C20H24N4O2S. The molecule has 27 heavy (non-hydrogen) atoms. The smallest absolute Gasteiger partial charge is 0.230 e. The first-order valence-corrected chi connectivity index (χ1v) is 10.7. The third-order valence-corrected chi connectivity index (χ3v) is 6.71. The van der Waals surface area contributed by atoms with Gasteiger partial charge in [0.25, 0.3) is 0 Å². The summed E-state index contributed by atoms with van der Waals surface area (Å²) in [7, 11) is 0. The summed E-state index contributed by atoms with van der Waals surface area (Å²) in [6, 6.07) is 4.31. The number of carbonyl (C=O) groups is 1. The summed E-state index contributed by atoms with van der Waals surface area (Å²) in [5.41, 5.74) is 8.92. The van der Waals surface area contributed by atoms with Gasteiger partial charge in [0.05, 0.1) is 17.4 Å². The summed E-state index contributed by atoms with van der Waals surface area (Å²) in [5.74, 6) is 1.36. The SMILES string of the molecule is CC1CCc2c(ccc(-c3nnc(N)s3)c2OC2CCC2)N1C(=O)C1CC1. The molecule has 1 amide bonds. The molecule has 3 aliphatic rings. The molecular weight excluding hydrogens is 360 g/mol.